The van der Waals surface area contributed by atoms with Crippen LogP contribution < -0.4 is 10.6 Å². The Kier molecular flexibility index (Phi) is 6.26. The fourth-order valence-corrected chi connectivity index (χ4v) is 3.43. The van der Waals surface area contributed by atoms with E-state index in [2.05, 4.69) is 70.6 Å². The van der Waals surface area contributed by atoms with Crippen molar-refractivity contribution >= 4 is 10.9 Å². The van der Waals surface area contributed by atoms with Gasteiger partial charge in [0.1, 0.15) is 5.82 Å². The first kappa shape index (κ1) is 18.7. The van der Waals surface area contributed by atoms with Crippen molar-refractivity contribution in [1.82, 2.24) is 20.5 Å². The molecule has 0 spiro atoms. The summed E-state index contributed by atoms with van der Waals surface area (Å²) < 4.78 is 0. The number of nitrogens with one attached hydrogen (secondary N) is 3. The molecular weight excluding hydrogens is 336 g/mol. The molecule has 0 radical (unpaired) electrons. The Hall–Kier alpha value is -3.08. The van der Waals surface area contributed by atoms with Crippen LogP contribution >= 0.6 is 0 Å². The average Bonchev–Trinajstić information content (AvgIpc) is 3.14. The first-order valence-corrected chi connectivity index (χ1v) is 9.32. The number of aromatic nitrogens is 1. The Morgan fingerprint density at radius 2 is 2.11 bits per heavy atom. The van der Waals surface area contributed by atoms with E-state index in [9.17, 15) is 0 Å². The van der Waals surface area contributed by atoms with Gasteiger partial charge in [-0.25, -0.2) is 0 Å². The van der Waals surface area contributed by atoms with Crippen LogP contribution in [-0.4, -0.2) is 28.6 Å². The van der Waals surface area contributed by atoms with Crippen LogP contribution in [0.4, 0.5) is 0 Å². The molecule has 0 bridgehead atoms. The molecule has 0 aliphatic carbocycles. The summed E-state index contributed by atoms with van der Waals surface area (Å²) in [6.07, 6.45) is 13.4. The van der Waals surface area contributed by atoms with Gasteiger partial charge in [-0.15, -0.1) is 0 Å². The molecular formula is C22H28N4O. The van der Waals surface area contributed by atoms with Crippen LogP contribution in [0.1, 0.15) is 30.9 Å². The largest absolute Gasteiger partial charge is 0.516 e. The molecule has 27 heavy (non-hydrogen) atoms. The molecule has 3 rings (SSSR count). The molecule has 4 N–H and O–H groups in total. The summed E-state index contributed by atoms with van der Waals surface area (Å²) in [5, 5.41) is 16.9. The van der Waals surface area contributed by atoms with Crippen LogP contribution in [0.25, 0.3) is 10.9 Å². The molecule has 0 saturated heterocycles. The fraction of sp³-hybridized carbons (Fsp3) is 0.273. The zero-order valence-electron chi connectivity index (χ0n) is 15.8. The van der Waals surface area contributed by atoms with Crippen LogP contribution in [0, 0.1) is 0 Å². The Labute approximate surface area is 160 Å². The molecule has 1 aliphatic heterocycles. The zero-order chi connectivity index (χ0) is 19.1. The Morgan fingerprint density at radius 1 is 1.26 bits per heavy atom. The van der Waals surface area contributed by atoms with Crippen LogP contribution in [0.3, 0.4) is 0 Å². The second kappa shape index (κ2) is 9.03. The van der Waals surface area contributed by atoms with Crippen molar-refractivity contribution in [3.8, 4) is 0 Å². The molecule has 1 aliphatic rings. The third kappa shape index (κ3) is 4.56. The SMILES string of the molecule is C=CNC1=C(C/C=C/CC/C=C/O)NC(c2ccc3[nH]ccc3c2)CN1C. The molecule has 2 heterocycles. The van der Waals surface area contributed by atoms with E-state index in [0.29, 0.717) is 0 Å². The van der Waals surface area contributed by atoms with Gasteiger partial charge in [-0.3, -0.25) is 0 Å². The van der Waals surface area contributed by atoms with Gasteiger partial charge in [-0.2, -0.15) is 0 Å². The van der Waals surface area contributed by atoms with Gasteiger partial charge in [-0.05, 0) is 54.3 Å². The molecule has 142 valence electrons. The molecule has 5 nitrogen and oxygen atoms in total. The number of H-pyrrole nitrogens is 1. The third-order valence-corrected chi connectivity index (χ3v) is 4.79. The number of aromatic amines is 1. The van der Waals surface area contributed by atoms with Gasteiger partial charge in [0.25, 0.3) is 0 Å². The summed E-state index contributed by atoms with van der Waals surface area (Å²) in [6.45, 7) is 4.68. The van der Waals surface area contributed by atoms with E-state index in [-0.39, 0.29) is 6.04 Å². The molecule has 1 aromatic carbocycles. The molecule has 2 aromatic rings. The van der Waals surface area contributed by atoms with Crippen molar-refractivity contribution < 1.29 is 5.11 Å². The number of allylic oxidation sites excluding steroid dienone is 3. The lowest BCUT2D eigenvalue weighted by atomic mass is 10.0. The highest BCUT2D eigenvalue weighted by Gasteiger charge is 2.24. The minimum atomic E-state index is 0.227. The Morgan fingerprint density at radius 3 is 2.93 bits per heavy atom. The molecule has 1 unspecified atom stereocenters. The predicted molar refractivity (Wildman–Crippen MR) is 112 cm³/mol. The number of nitrogens with zero attached hydrogens (tertiary/aromatic N) is 1. The maximum absolute atomic E-state index is 8.69. The van der Waals surface area contributed by atoms with E-state index in [4.69, 9.17) is 5.11 Å². The lowest BCUT2D eigenvalue weighted by Gasteiger charge is -2.37. The minimum absolute atomic E-state index is 0.227. The van der Waals surface area contributed by atoms with Crippen LogP contribution in [0.5, 0.6) is 0 Å². The highest BCUT2D eigenvalue weighted by molar-refractivity contribution is 5.80. The van der Waals surface area contributed by atoms with Crippen LogP contribution in [-0.2, 0) is 0 Å². The average molecular weight is 364 g/mol. The van der Waals surface area contributed by atoms with Gasteiger partial charge < -0.3 is 25.6 Å². The number of fused-ring (bicyclic) bond motifs is 1. The maximum atomic E-state index is 8.69. The van der Waals surface area contributed by atoms with Gasteiger partial charge >= 0.3 is 0 Å². The van der Waals surface area contributed by atoms with E-state index in [1.165, 1.54) is 10.9 Å². The monoisotopic (exact) mass is 364 g/mol. The number of unbranched alkanes of at least 4 members (excludes halogenated alkanes) is 1. The van der Waals surface area contributed by atoms with Gasteiger partial charge in [0.05, 0.1) is 18.0 Å². The molecule has 0 amide bonds. The molecule has 1 aromatic heterocycles. The molecule has 1 atom stereocenters. The lowest BCUT2D eigenvalue weighted by molar-refractivity contribution is 0.306. The fourth-order valence-electron chi connectivity index (χ4n) is 3.43. The van der Waals surface area contributed by atoms with Crippen molar-refractivity contribution in [2.24, 2.45) is 0 Å². The van der Waals surface area contributed by atoms with Crippen molar-refractivity contribution in [3.63, 3.8) is 0 Å². The quantitative estimate of drug-likeness (QED) is 0.318. The molecule has 0 saturated carbocycles. The van der Waals surface area contributed by atoms with Crippen LogP contribution in [0.2, 0.25) is 0 Å². The normalized spacial score (nSPS) is 17.8. The summed E-state index contributed by atoms with van der Waals surface area (Å²) in [5.74, 6) is 1.06. The number of benzene rings is 1. The first-order chi connectivity index (χ1) is 13.2. The summed E-state index contributed by atoms with van der Waals surface area (Å²) in [6, 6.07) is 8.91. The van der Waals surface area contributed by atoms with E-state index in [1.54, 1.807) is 12.3 Å². The van der Waals surface area contributed by atoms with Crippen molar-refractivity contribution in [3.05, 3.63) is 84.8 Å². The highest BCUT2D eigenvalue weighted by atomic mass is 16.2. The summed E-state index contributed by atoms with van der Waals surface area (Å²) in [5.41, 5.74) is 3.59. The minimum Gasteiger partial charge on any atom is -0.516 e. The molecule has 5 heteroatoms. The standard InChI is InChI=1S/C22H28N4O/c1-3-23-22-20(9-7-5-4-6-8-14-27)25-21(16-26(22)2)17-10-11-19-18(15-17)12-13-24-19/h3,5,7-8,10-15,21,23-25,27H,1,4,6,9,16H2,2H3/b7-5+,14-8+. The van der Waals surface area contributed by atoms with Crippen molar-refractivity contribution in [2.75, 3.05) is 13.6 Å². The number of rotatable bonds is 8. The highest BCUT2D eigenvalue weighted by Crippen LogP contribution is 2.26. The Bertz CT molecular complexity index is 862. The van der Waals surface area contributed by atoms with E-state index >= 15 is 0 Å². The number of hydrogen-bond acceptors (Lipinski definition) is 4. The predicted octanol–water partition coefficient (Wildman–Crippen LogP) is 4.44. The molecule has 0 fully saturated rings. The van der Waals surface area contributed by atoms with E-state index < -0.39 is 0 Å². The number of aliphatic hydroxyl groups is 1. The van der Waals surface area contributed by atoms with Gasteiger partial charge in [-0.1, -0.05) is 24.8 Å². The van der Waals surface area contributed by atoms with Crippen molar-refractivity contribution in [2.45, 2.75) is 25.3 Å². The van der Waals surface area contributed by atoms with Gasteiger partial charge in [0, 0.05) is 31.7 Å². The zero-order valence-corrected chi connectivity index (χ0v) is 15.8. The number of hydrogen-bond donors (Lipinski definition) is 4. The second-order valence-electron chi connectivity index (χ2n) is 6.72. The number of likely N-dealkylation sites (N-methyl/N-ethyl adjacent to an activating group) is 1. The third-order valence-electron chi connectivity index (χ3n) is 4.79. The summed E-state index contributed by atoms with van der Waals surface area (Å²) >= 11 is 0. The maximum Gasteiger partial charge on any atom is 0.125 e. The lowest BCUT2D eigenvalue weighted by Crippen LogP contribution is -2.43. The topological polar surface area (TPSA) is 63.3 Å². The smallest absolute Gasteiger partial charge is 0.125 e. The number of aliphatic hydroxyl groups excluding tert-OH is 1. The van der Waals surface area contributed by atoms with Crippen LogP contribution in [0.15, 0.2) is 79.2 Å². The second-order valence-corrected chi connectivity index (χ2v) is 6.72. The van der Waals surface area contributed by atoms with Gasteiger partial charge in [0.15, 0.2) is 0 Å². The first-order valence-electron chi connectivity index (χ1n) is 9.32. The summed E-state index contributed by atoms with van der Waals surface area (Å²) in [4.78, 5) is 5.49. The van der Waals surface area contributed by atoms with Crippen molar-refractivity contribution in [1.29, 1.82) is 0 Å². The van der Waals surface area contributed by atoms with Gasteiger partial charge in [0.2, 0.25) is 0 Å². The summed E-state index contributed by atoms with van der Waals surface area (Å²) in [7, 11) is 2.10. The Balaban J connectivity index is 1.76. The van der Waals surface area contributed by atoms with E-state index in [1.807, 2.05) is 6.20 Å². The van der Waals surface area contributed by atoms with E-state index in [0.717, 1.165) is 49.1 Å².